The standard InChI is InChI=1S/C14H14F3NO2/c15-14(16,17)11-3-1-2-4-12(11)18-13(20)9-5-7-10(19)8-6-9/h1-4,9H,5-8H2,(H,18,20). The van der Waals surface area contributed by atoms with Crippen LogP contribution in [0.4, 0.5) is 18.9 Å². The van der Waals surface area contributed by atoms with Crippen LogP contribution in [0.25, 0.3) is 0 Å². The molecule has 0 unspecified atom stereocenters. The van der Waals surface area contributed by atoms with Gasteiger partial charge in [0.25, 0.3) is 0 Å². The highest BCUT2D eigenvalue weighted by molar-refractivity contribution is 5.94. The summed E-state index contributed by atoms with van der Waals surface area (Å²) in [5, 5.41) is 2.33. The zero-order chi connectivity index (χ0) is 14.8. The molecule has 3 nitrogen and oxygen atoms in total. The molecule has 1 amide bonds. The zero-order valence-corrected chi connectivity index (χ0v) is 10.7. The van der Waals surface area contributed by atoms with Gasteiger partial charge >= 0.3 is 6.18 Å². The first-order valence-corrected chi connectivity index (χ1v) is 6.36. The lowest BCUT2D eigenvalue weighted by Crippen LogP contribution is -2.28. The highest BCUT2D eigenvalue weighted by Gasteiger charge is 2.34. The van der Waals surface area contributed by atoms with Crippen LogP contribution >= 0.6 is 0 Å². The number of amides is 1. The molecule has 20 heavy (non-hydrogen) atoms. The van der Waals surface area contributed by atoms with Crippen LogP contribution in [0.3, 0.4) is 0 Å². The Labute approximate surface area is 114 Å². The quantitative estimate of drug-likeness (QED) is 0.905. The Kier molecular flexibility index (Phi) is 4.11. The van der Waals surface area contributed by atoms with Crippen molar-refractivity contribution in [1.82, 2.24) is 0 Å². The van der Waals surface area contributed by atoms with E-state index in [4.69, 9.17) is 0 Å². The van der Waals surface area contributed by atoms with Gasteiger partial charge in [0.1, 0.15) is 5.78 Å². The van der Waals surface area contributed by atoms with Crippen LogP contribution in [0.5, 0.6) is 0 Å². The van der Waals surface area contributed by atoms with Crippen LogP contribution in [-0.2, 0) is 15.8 Å². The minimum absolute atomic E-state index is 0.102. The van der Waals surface area contributed by atoms with E-state index in [2.05, 4.69) is 5.32 Å². The molecule has 1 N–H and O–H groups in total. The van der Waals surface area contributed by atoms with Crippen molar-refractivity contribution in [1.29, 1.82) is 0 Å². The van der Waals surface area contributed by atoms with E-state index in [1.807, 2.05) is 0 Å². The van der Waals surface area contributed by atoms with E-state index in [0.717, 1.165) is 6.07 Å². The van der Waals surface area contributed by atoms with Crippen molar-refractivity contribution in [2.75, 3.05) is 5.32 Å². The number of para-hydroxylation sites is 1. The second-order valence-electron chi connectivity index (χ2n) is 4.85. The van der Waals surface area contributed by atoms with Gasteiger partial charge < -0.3 is 5.32 Å². The maximum Gasteiger partial charge on any atom is 0.418 e. The lowest BCUT2D eigenvalue weighted by Gasteiger charge is -2.21. The predicted octanol–water partition coefficient (Wildman–Crippen LogP) is 3.40. The molecule has 108 valence electrons. The van der Waals surface area contributed by atoms with Gasteiger partial charge in [0.2, 0.25) is 5.91 Å². The van der Waals surface area contributed by atoms with Crippen molar-refractivity contribution in [2.24, 2.45) is 5.92 Å². The molecule has 0 atom stereocenters. The fourth-order valence-electron chi connectivity index (χ4n) is 2.28. The van der Waals surface area contributed by atoms with E-state index < -0.39 is 23.6 Å². The highest BCUT2D eigenvalue weighted by atomic mass is 19.4. The van der Waals surface area contributed by atoms with Gasteiger partial charge in [0.05, 0.1) is 11.3 Å². The summed E-state index contributed by atoms with van der Waals surface area (Å²) in [6.45, 7) is 0. The Bertz CT molecular complexity index is 515. The molecule has 0 spiro atoms. The zero-order valence-electron chi connectivity index (χ0n) is 10.7. The van der Waals surface area contributed by atoms with Crippen molar-refractivity contribution in [3.63, 3.8) is 0 Å². The van der Waals surface area contributed by atoms with Crippen LogP contribution < -0.4 is 5.32 Å². The number of hydrogen-bond donors (Lipinski definition) is 1. The third-order valence-corrected chi connectivity index (χ3v) is 3.40. The molecule has 1 fully saturated rings. The van der Waals surface area contributed by atoms with Crippen LogP contribution in [0.15, 0.2) is 24.3 Å². The number of nitrogens with one attached hydrogen (secondary N) is 1. The molecule has 1 aromatic carbocycles. The second-order valence-corrected chi connectivity index (χ2v) is 4.85. The maximum atomic E-state index is 12.8. The van der Waals surface area contributed by atoms with Crippen LogP contribution in [0.1, 0.15) is 31.2 Å². The maximum absolute atomic E-state index is 12.8. The first-order chi connectivity index (χ1) is 9.38. The number of Topliss-reactive ketones (excluding diaryl/α,β-unsaturated/α-hetero) is 1. The average Bonchev–Trinajstić information content (AvgIpc) is 2.38. The van der Waals surface area contributed by atoms with Gasteiger partial charge in [-0.15, -0.1) is 0 Å². The molecule has 0 aromatic heterocycles. The summed E-state index contributed by atoms with van der Waals surface area (Å²) in [5.41, 5.74) is -1.10. The molecule has 1 aliphatic carbocycles. The average molecular weight is 285 g/mol. The fourth-order valence-corrected chi connectivity index (χ4v) is 2.28. The van der Waals surface area contributed by atoms with Crippen molar-refractivity contribution < 1.29 is 22.8 Å². The van der Waals surface area contributed by atoms with Gasteiger partial charge in [0.15, 0.2) is 0 Å². The summed E-state index contributed by atoms with van der Waals surface area (Å²) in [7, 11) is 0. The monoisotopic (exact) mass is 285 g/mol. The molecule has 0 aliphatic heterocycles. The number of carbonyl (C=O) groups excluding carboxylic acids is 2. The largest absolute Gasteiger partial charge is 0.418 e. The summed E-state index contributed by atoms with van der Waals surface area (Å²) in [5.74, 6) is -0.743. The van der Waals surface area contributed by atoms with Crippen LogP contribution in [0.2, 0.25) is 0 Å². The summed E-state index contributed by atoms with van der Waals surface area (Å²) in [6, 6.07) is 4.88. The summed E-state index contributed by atoms with van der Waals surface area (Å²) >= 11 is 0. The van der Waals surface area contributed by atoms with Crippen molar-refractivity contribution in [2.45, 2.75) is 31.9 Å². The molecule has 1 saturated carbocycles. The molecular formula is C14H14F3NO2. The number of ketones is 1. The van der Waals surface area contributed by atoms with E-state index in [1.165, 1.54) is 18.2 Å². The molecule has 6 heteroatoms. The SMILES string of the molecule is O=C1CCC(C(=O)Nc2ccccc2C(F)(F)F)CC1. The number of alkyl halides is 3. The Morgan fingerprint density at radius 3 is 2.35 bits per heavy atom. The predicted molar refractivity (Wildman–Crippen MR) is 67.0 cm³/mol. The topological polar surface area (TPSA) is 46.2 Å². The molecule has 1 aromatic rings. The summed E-state index contributed by atoms with van der Waals surface area (Å²) in [4.78, 5) is 23.1. The molecular weight excluding hydrogens is 271 g/mol. The van der Waals surface area contributed by atoms with Crippen molar-refractivity contribution in [3.05, 3.63) is 29.8 Å². The molecule has 0 bridgehead atoms. The molecule has 0 saturated heterocycles. The number of anilines is 1. The number of halogens is 3. The molecule has 0 radical (unpaired) electrons. The van der Waals surface area contributed by atoms with Crippen LogP contribution in [0, 0.1) is 5.92 Å². The number of carbonyl (C=O) groups is 2. The number of rotatable bonds is 2. The molecule has 1 aliphatic rings. The summed E-state index contributed by atoms with van der Waals surface area (Å²) < 4.78 is 38.4. The molecule has 0 heterocycles. The molecule has 2 rings (SSSR count). The van der Waals surface area contributed by atoms with E-state index in [-0.39, 0.29) is 11.5 Å². The third-order valence-electron chi connectivity index (χ3n) is 3.40. The van der Waals surface area contributed by atoms with E-state index in [0.29, 0.717) is 25.7 Å². The minimum Gasteiger partial charge on any atom is -0.325 e. The number of hydrogen-bond acceptors (Lipinski definition) is 2. The Morgan fingerprint density at radius 1 is 1.15 bits per heavy atom. The lowest BCUT2D eigenvalue weighted by atomic mass is 9.88. The van der Waals surface area contributed by atoms with E-state index in [9.17, 15) is 22.8 Å². The van der Waals surface area contributed by atoms with Gasteiger partial charge in [-0.25, -0.2) is 0 Å². The fraction of sp³-hybridized carbons (Fsp3) is 0.429. The smallest absolute Gasteiger partial charge is 0.325 e. The van der Waals surface area contributed by atoms with Crippen molar-refractivity contribution in [3.8, 4) is 0 Å². The van der Waals surface area contributed by atoms with Gasteiger partial charge in [-0.3, -0.25) is 9.59 Å². The van der Waals surface area contributed by atoms with Crippen molar-refractivity contribution >= 4 is 17.4 Å². The number of benzene rings is 1. The Hall–Kier alpha value is -1.85. The van der Waals surface area contributed by atoms with Gasteiger partial charge in [-0.2, -0.15) is 13.2 Å². The normalized spacial score (nSPS) is 17.1. The lowest BCUT2D eigenvalue weighted by molar-refractivity contribution is -0.137. The first-order valence-electron chi connectivity index (χ1n) is 6.36. The van der Waals surface area contributed by atoms with E-state index >= 15 is 0 Å². The van der Waals surface area contributed by atoms with E-state index in [1.54, 1.807) is 0 Å². The van der Waals surface area contributed by atoms with Crippen LogP contribution in [-0.4, -0.2) is 11.7 Å². The third kappa shape index (κ3) is 3.37. The first kappa shape index (κ1) is 14.6. The Balaban J connectivity index is 2.10. The van der Waals surface area contributed by atoms with Gasteiger partial charge in [-0.1, -0.05) is 12.1 Å². The minimum atomic E-state index is -4.51. The summed E-state index contributed by atoms with van der Waals surface area (Å²) in [6.07, 6.45) is -3.07. The highest BCUT2D eigenvalue weighted by Crippen LogP contribution is 2.35. The van der Waals surface area contributed by atoms with Gasteiger partial charge in [-0.05, 0) is 25.0 Å². The Morgan fingerprint density at radius 2 is 1.75 bits per heavy atom. The van der Waals surface area contributed by atoms with Gasteiger partial charge in [0, 0.05) is 18.8 Å². The second kappa shape index (κ2) is 5.64.